The number of aryl methyl sites for hydroxylation is 1. The summed E-state index contributed by atoms with van der Waals surface area (Å²) < 4.78 is 6.28. The Hall–Kier alpha value is -2.68. The van der Waals surface area contributed by atoms with Crippen molar-refractivity contribution in [2.24, 2.45) is 5.92 Å². The van der Waals surface area contributed by atoms with E-state index in [4.69, 9.17) is 4.74 Å². The van der Waals surface area contributed by atoms with E-state index < -0.39 is 17.7 Å². The zero-order chi connectivity index (χ0) is 25.8. The molecule has 5 rings (SSSR count). The molecule has 1 heterocycles. The molecule has 0 aromatic heterocycles. The van der Waals surface area contributed by atoms with E-state index in [-0.39, 0.29) is 9.90 Å². The molecular weight excluding hydrogens is 477 g/mol. The van der Waals surface area contributed by atoms with Crippen molar-refractivity contribution >= 4 is 21.6 Å². The molecule has 0 radical (unpaired) electrons. The Kier molecular flexibility index (Phi) is 7.57. The highest BCUT2D eigenvalue weighted by Crippen LogP contribution is 2.51. The maximum Gasteiger partial charge on any atom is 0.337 e. The van der Waals surface area contributed by atoms with Crippen LogP contribution in [0.3, 0.4) is 0 Å². The average molecular weight is 518 g/mol. The SMILES string of the molecule is Cc1ccc(-c2c(C)c3c(c(C)c2C(OC(C)(C)C)C(=O)O)N(CC2CC2)Cc2ccccc2-3)cc1.P. The van der Waals surface area contributed by atoms with Crippen LogP contribution < -0.4 is 4.90 Å². The van der Waals surface area contributed by atoms with Gasteiger partial charge in [-0.15, -0.1) is 0 Å². The molecule has 2 atom stereocenters. The van der Waals surface area contributed by atoms with Gasteiger partial charge in [-0.05, 0) is 93.7 Å². The fourth-order valence-corrected chi connectivity index (χ4v) is 5.69. The first-order chi connectivity index (χ1) is 17.0. The van der Waals surface area contributed by atoms with E-state index in [0.29, 0.717) is 5.92 Å². The van der Waals surface area contributed by atoms with Gasteiger partial charge in [0.25, 0.3) is 0 Å². The van der Waals surface area contributed by atoms with Gasteiger partial charge in [0.05, 0.1) is 5.60 Å². The lowest BCUT2D eigenvalue weighted by molar-refractivity contribution is -0.160. The van der Waals surface area contributed by atoms with Gasteiger partial charge in [0.15, 0.2) is 6.10 Å². The summed E-state index contributed by atoms with van der Waals surface area (Å²) in [6.45, 7) is 13.9. The number of anilines is 1. The first-order valence-corrected chi connectivity index (χ1v) is 13.0. The van der Waals surface area contributed by atoms with Crippen molar-refractivity contribution in [2.45, 2.75) is 72.6 Å². The second kappa shape index (κ2) is 10.2. The average Bonchev–Trinajstić information content (AvgIpc) is 3.63. The number of nitrogens with zero attached hydrogens (tertiary/aromatic N) is 1. The summed E-state index contributed by atoms with van der Waals surface area (Å²) in [4.78, 5) is 15.3. The molecule has 2 unspecified atom stereocenters. The third-order valence-electron chi connectivity index (χ3n) is 7.45. The fourth-order valence-electron chi connectivity index (χ4n) is 5.69. The summed E-state index contributed by atoms with van der Waals surface area (Å²) >= 11 is 0. The first kappa shape index (κ1) is 27.4. The van der Waals surface area contributed by atoms with E-state index in [9.17, 15) is 9.90 Å². The van der Waals surface area contributed by atoms with E-state index >= 15 is 0 Å². The minimum Gasteiger partial charge on any atom is -0.479 e. The maximum absolute atomic E-state index is 12.8. The number of rotatable bonds is 6. The van der Waals surface area contributed by atoms with Gasteiger partial charge in [-0.25, -0.2) is 4.79 Å². The summed E-state index contributed by atoms with van der Waals surface area (Å²) in [5.74, 6) is -0.241. The molecule has 0 amide bonds. The summed E-state index contributed by atoms with van der Waals surface area (Å²) in [5, 5.41) is 10.5. The number of fused-ring (bicyclic) bond motifs is 3. The smallest absolute Gasteiger partial charge is 0.337 e. The predicted octanol–water partition coefficient (Wildman–Crippen LogP) is 7.67. The van der Waals surface area contributed by atoms with Crippen molar-refractivity contribution in [3.63, 3.8) is 0 Å². The van der Waals surface area contributed by atoms with Crippen molar-refractivity contribution in [3.8, 4) is 22.3 Å². The van der Waals surface area contributed by atoms with Crippen LogP contribution in [0, 0.1) is 26.7 Å². The lowest BCUT2D eigenvalue weighted by Crippen LogP contribution is -2.32. The van der Waals surface area contributed by atoms with Crippen LogP contribution in [0.5, 0.6) is 0 Å². The van der Waals surface area contributed by atoms with Gasteiger partial charge in [0, 0.05) is 29.9 Å². The summed E-state index contributed by atoms with van der Waals surface area (Å²) in [6, 6.07) is 17.1. The highest BCUT2D eigenvalue weighted by Gasteiger charge is 2.37. The Bertz CT molecular complexity index is 1320. The molecule has 1 aliphatic carbocycles. The van der Waals surface area contributed by atoms with E-state index in [0.717, 1.165) is 40.9 Å². The lowest BCUT2D eigenvalue weighted by Gasteiger charge is -2.38. The molecule has 1 fully saturated rings. The quantitative estimate of drug-likeness (QED) is 0.341. The highest BCUT2D eigenvalue weighted by atomic mass is 31.0. The largest absolute Gasteiger partial charge is 0.479 e. The number of carboxylic acid groups (broad SMARTS) is 1. The van der Waals surface area contributed by atoms with Gasteiger partial charge >= 0.3 is 5.97 Å². The standard InChI is InChI=1S/C32H37NO3.H3P/c1-19-11-15-23(16-12-19)26-20(2)27-25-10-8-7-9-24(25)18-33(17-22-13-14-22)29(27)21(3)28(26)30(31(34)35)36-32(4,5)6;/h7-12,15-16,22,30H,13-14,17-18H2,1-6H3,(H,34,35);1H3. The van der Waals surface area contributed by atoms with Crippen LogP contribution in [-0.4, -0.2) is 23.2 Å². The molecule has 1 saturated carbocycles. The van der Waals surface area contributed by atoms with Gasteiger partial charge in [-0.2, -0.15) is 9.90 Å². The van der Waals surface area contributed by atoms with Crippen LogP contribution in [0.4, 0.5) is 5.69 Å². The fraction of sp³-hybridized carbons (Fsp3) is 0.406. The number of hydrogen-bond donors (Lipinski definition) is 1. The molecule has 2 aliphatic rings. The zero-order valence-electron chi connectivity index (χ0n) is 23.0. The van der Waals surface area contributed by atoms with Crippen LogP contribution in [0.15, 0.2) is 48.5 Å². The third-order valence-corrected chi connectivity index (χ3v) is 7.45. The van der Waals surface area contributed by atoms with Crippen molar-refractivity contribution in [1.82, 2.24) is 0 Å². The minimum absolute atomic E-state index is 0. The van der Waals surface area contributed by atoms with Crippen LogP contribution in [0.25, 0.3) is 22.3 Å². The molecule has 1 N–H and O–H groups in total. The molecule has 3 aromatic carbocycles. The van der Waals surface area contributed by atoms with Gasteiger partial charge in [-0.1, -0.05) is 54.1 Å². The normalized spacial score (nSPS) is 15.5. The van der Waals surface area contributed by atoms with E-state index in [1.807, 2.05) is 20.8 Å². The lowest BCUT2D eigenvalue weighted by atomic mass is 9.79. The Morgan fingerprint density at radius 3 is 2.24 bits per heavy atom. The Morgan fingerprint density at radius 2 is 1.65 bits per heavy atom. The number of carboxylic acids is 1. The van der Waals surface area contributed by atoms with E-state index in [2.05, 4.69) is 74.2 Å². The topological polar surface area (TPSA) is 49.8 Å². The van der Waals surface area contributed by atoms with Gasteiger partial charge in [-0.3, -0.25) is 0 Å². The molecule has 0 spiro atoms. The number of hydrogen-bond acceptors (Lipinski definition) is 3. The Morgan fingerprint density at radius 1 is 1.00 bits per heavy atom. The summed E-state index contributed by atoms with van der Waals surface area (Å²) in [6.07, 6.45) is 1.47. The third kappa shape index (κ3) is 5.33. The highest BCUT2D eigenvalue weighted by molar-refractivity contribution is 6.92. The molecule has 3 aromatic rings. The molecule has 4 nitrogen and oxygen atoms in total. The molecule has 196 valence electrons. The van der Waals surface area contributed by atoms with Gasteiger partial charge < -0.3 is 14.7 Å². The maximum atomic E-state index is 12.8. The number of carbonyl (C=O) groups is 1. The van der Waals surface area contributed by atoms with Crippen LogP contribution in [0.2, 0.25) is 0 Å². The van der Waals surface area contributed by atoms with Crippen molar-refractivity contribution in [3.05, 3.63) is 76.3 Å². The molecule has 5 heteroatoms. The zero-order valence-corrected chi connectivity index (χ0v) is 24.4. The summed E-state index contributed by atoms with van der Waals surface area (Å²) in [5.41, 5.74) is 10.5. The second-order valence-electron chi connectivity index (χ2n) is 11.6. The Balaban J connectivity index is 0.00000320. The minimum atomic E-state index is -1.06. The number of ether oxygens (including phenoxy) is 1. The van der Waals surface area contributed by atoms with Gasteiger partial charge in [0.2, 0.25) is 0 Å². The van der Waals surface area contributed by atoms with Crippen molar-refractivity contribution in [2.75, 3.05) is 11.4 Å². The van der Waals surface area contributed by atoms with Gasteiger partial charge in [0.1, 0.15) is 0 Å². The van der Waals surface area contributed by atoms with Crippen LogP contribution in [-0.2, 0) is 16.1 Å². The van der Waals surface area contributed by atoms with E-state index in [1.165, 1.54) is 40.8 Å². The second-order valence-corrected chi connectivity index (χ2v) is 11.6. The number of aliphatic carboxylic acids is 1. The van der Waals surface area contributed by atoms with E-state index in [1.54, 1.807) is 0 Å². The Labute approximate surface area is 224 Å². The molecule has 0 bridgehead atoms. The predicted molar refractivity (Wildman–Crippen MR) is 158 cm³/mol. The van der Waals surface area contributed by atoms with Crippen molar-refractivity contribution in [1.29, 1.82) is 0 Å². The van der Waals surface area contributed by atoms with Crippen molar-refractivity contribution < 1.29 is 14.6 Å². The molecule has 1 aliphatic heterocycles. The van der Waals surface area contributed by atoms with Crippen LogP contribution >= 0.6 is 9.90 Å². The monoisotopic (exact) mass is 517 g/mol. The van der Waals surface area contributed by atoms with Crippen LogP contribution in [0.1, 0.15) is 67.5 Å². The number of benzene rings is 3. The summed E-state index contributed by atoms with van der Waals surface area (Å²) in [7, 11) is 0. The molecule has 37 heavy (non-hydrogen) atoms. The molecular formula is C32H40NO3P. The first-order valence-electron chi connectivity index (χ1n) is 13.0. The molecule has 0 saturated heterocycles.